The molecule has 8 nitrogen and oxygen atoms in total. The Balaban J connectivity index is 1.84. The predicted octanol–water partition coefficient (Wildman–Crippen LogP) is 5.11. The van der Waals surface area contributed by atoms with Crippen LogP contribution in [0, 0.1) is 17.0 Å². The van der Waals surface area contributed by atoms with Gasteiger partial charge in [0, 0.05) is 62.0 Å². The summed E-state index contributed by atoms with van der Waals surface area (Å²) in [6.07, 6.45) is -2.49. The van der Waals surface area contributed by atoms with Crippen molar-refractivity contribution < 1.29 is 31.5 Å². The Morgan fingerprint density at radius 1 is 1.05 bits per heavy atom. The number of H-pyrrole nitrogens is 1. The van der Waals surface area contributed by atoms with E-state index in [0.717, 1.165) is 6.07 Å². The van der Waals surface area contributed by atoms with Crippen molar-refractivity contribution in [3.8, 4) is 0 Å². The van der Waals surface area contributed by atoms with E-state index in [-0.39, 0.29) is 41.9 Å². The van der Waals surface area contributed by atoms with E-state index < -0.39 is 57.1 Å². The lowest BCUT2D eigenvalue weighted by atomic mass is 9.92. The third-order valence-corrected chi connectivity index (χ3v) is 8.01. The van der Waals surface area contributed by atoms with E-state index in [1.807, 2.05) is 20.9 Å². The van der Waals surface area contributed by atoms with Crippen LogP contribution in [-0.2, 0) is 11.0 Å². The number of benzene rings is 1. The van der Waals surface area contributed by atoms with Gasteiger partial charge in [0.2, 0.25) is 11.5 Å². The molecular weight excluding hydrogens is 573 g/mol. The minimum absolute atomic E-state index is 0.0316. The number of alkyl halides is 3. The zero-order valence-electron chi connectivity index (χ0n) is 25.0. The quantitative estimate of drug-likeness (QED) is 0.471. The number of piperazine rings is 1. The van der Waals surface area contributed by atoms with E-state index >= 15 is 8.78 Å². The summed E-state index contributed by atoms with van der Waals surface area (Å²) in [7, 11) is 1.91. The highest BCUT2D eigenvalue weighted by Crippen LogP contribution is 2.40. The van der Waals surface area contributed by atoms with Crippen molar-refractivity contribution in [3.63, 3.8) is 0 Å². The van der Waals surface area contributed by atoms with Crippen LogP contribution in [0.4, 0.5) is 33.3 Å². The molecule has 1 saturated heterocycles. The smallest absolute Gasteiger partial charge is 0.367 e. The fraction of sp³-hybridized carbons (Fsp3) is 0.500. The van der Waals surface area contributed by atoms with Gasteiger partial charge in [-0.2, -0.15) is 13.2 Å². The van der Waals surface area contributed by atoms with Crippen LogP contribution < -0.4 is 15.8 Å². The fourth-order valence-electron chi connectivity index (χ4n) is 5.52. The number of pyridine rings is 1. The van der Waals surface area contributed by atoms with Gasteiger partial charge in [0.1, 0.15) is 11.5 Å². The molecule has 2 aliphatic heterocycles. The number of likely N-dealkylation sites (N-methyl/N-ethyl adjacent to an activating group) is 1. The average molecular weight is 610 g/mol. The maximum absolute atomic E-state index is 16.5. The monoisotopic (exact) mass is 609 g/mol. The second kappa shape index (κ2) is 11.7. The van der Waals surface area contributed by atoms with Gasteiger partial charge in [0.25, 0.3) is 5.91 Å². The third kappa shape index (κ3) is 6.61. The van der Waals surface area contributed by atoms with E-state index in [1.54, 1.807) is 31.7 Å². The number of rotatable bonds is 4. The molecule has 2 atom stereocenters. The minimum Gasteiger partial charge on any atom is -0.367 e. The molecule has 0 radical (unpaired) electrons. The van der Waals surface area contributed by atoms with Gasteiger partial charge < -0.3 is 20.1 Å². The number of carbonyl (C=O) groups is 2. The molecule has 234 valence electrons. The van der Waals surface area contributed by atoms with Crippen LogP contribution in [0.2, 0.25) is 0 Å². The number of aromatic amines is 1. The molecule has 1 aromatic carbocycles. The molecule has 3 heterocycles. The molecule has 43 heavy (non-hydrogen) atoms. The number of nitrogens with zero attached hydrogens (tertiary/aromatic N) is 3. The Morgan fingerprint density at radius 2 is 1.67 bits per heavy atom. The van der Waals surface area contributed by atoms with Crippen LogP contribution in [-0.4, -0.2) is 71.9 Å². The average Bonchev–Trinajstić information content (AvgIpc) is 2.91. The summed E-state index contributed by atoms with van der Waals surface area (Å²) in [5.41, 5.74) is -5.04. The first-order chi connectivity index (χ1) is 19.9. The minimum atomic E-state index is -5.05. The van der Waals surface area contributed by atoms with E-state index in [4.69, 9.17) is 0 Å². The number of hydrogen-bond acceptors (Lipinski definition) is 5. The van der Waals surface area contributed by atoms with Crippen LogP contribution in [0.3, 0.4) is 0 Å². The van der Waals surface area contributed by atoms with Gasteiger partial charge in [-0.15, -0.1) is 0 Å². The van der Waals surface area contributed by atoms with Crippen LogP contribution >= 0.6 is 0 Å². The molecule has 2 aliphatic rings. The molecule has 0 spiro atoms. The van der Waals surface area contributed by atoms with Gasteiger partial charge in [-0.25, -0.2) is 8.78 Å². The first kappa shape index (κ1) is 32.2. The number of carbonyl (C=O) groups excluding carboxylic acids is 2. The summed E-state index contributed by atoms with van der Waals surface area (Å²) >= 11 is 0. The number of nitrogens with one attached hydrogen (secondary N) is 2. The third-order valence-electron chi connectivity index (χ3n) is 8.01. The topological polar surface area (TPSA) is 88.7 Å². The molecule has 0 saturated carbocycles. The molecule has 2 amide bonds. The Labute approximate surface area is 246 Å². The van der Waals surface area contributed by atoms with Gasteiger partial charge in [0.05, 0.1) is 22.4 Å². The van der Waals surface area contributed by atoms with Crippen molar-refractivity contribution in [2.45, 2.75) is 59.3 Å². The van der Waals surface area contributed by atoms with Gasteiger partial charge in [-0.1, -0.05) is 26.8 Å². The molecular formula is C30H36F5N5O3. The first-order valence-corrected chi connectivity index (χ1v) is 14.0. The van der Waals surface area contributed by atoms with Crippen molar-refractivity contribution >= 4 is 28.8 Å². The summed E-state index contributed by atoms with van der Waals surface area (Å²) < 4.78 is 73.6. The summed E-state index contributed by atoms with van der Waals surface area (Å²) in [5, 5.41) is 2.26. The summed E-state index contributed by atoms with van der Waals surface area (Å²) in [4.78, 5) is 45.2. The van der Waals surface area contributed by atoms with Crippen LogP contribution in [0.1, 0.15) is 62.5 Å². The molecule has 0 bridgehead atoms. The van der Waals surface area contributed by atoms with Crippen LogP contribution in [0.25, 0.3) is 5.57 Å². The summed E-state index contributed by atoms with van der Waals surface area (Å²) in [6.45, 7) is 9.97. The Hall–Kier alpha value is -3.74. The van der Waals surface area contributed by atoms with Crippen molar-refractivity contribution in [1.29, 1.82) is 0 Å². The highest BCUT2D eigenvalue weighted by molar-refractivity contribution is 6.07. The number of halogens is 5. The summed E-state index contributed by atoms with van der Waals surface area (Å²) in [6, 6.07) is 1.22. The lowest BCUT2D eigenvalue weighted by molar-refractivity contribution is -0.139. The molecule has 13 heteroatoms. The number of anilines is 2. The Bertz CT molecular complexity index is 1500. The maximum atomic E-state index is 16.5. The molecule has 2 aromatic rings. The largest absolute Gasteiger partial charge is 0.417 e. The highest BCUT2D eigenvalue weighted by atomic mass is 19.4. The SMILES string of the molecule is C[C@@H]1CN(c2cc(F)c(C3=CCCN(C(=O)C(C)(C)C)C3)c(F)c2NC(=O)c2c[nH]c(=O)cc2C(F)(F)F)C[C@H](C)N1C. The first-order valence-electron chi connectivity index (χ1n) is 14.0. The van der Waals surface area contributed by atoms with Gasteiger partial charge in [0.15, 0.2) is 5.82 Å². The lowest BCUT2D eigenvalue weighted by Gasteiger charge is -2.44. The Morgan fingerprint density at radius 3 is 2.26 bits per heavy atom. The standard InChI is InChI=1S/C30H36F5N5O3/c1-16-13-40(14-17(2)38(16)6)22-11-21(31)24(18-8-7-9-39(15-18)28(43)29(3,4)5)25(32)26(22)37-27(42)19-12-36-23(41)10-20(19)30(33,34)35/h8,10-12,16-17H,7,9,13-15H2,1-6H3,(H,36,41)(H,37,42)/t16-,17+. The summed E-state index contributed by atoms with van der Waals surface area (Å²) in [5.74, 6) is -3.64. The van der Waals surface area contributed by atoms with Gasteiger partial charge >= 0.3 is 6.18 Å². The number of hydrogen-bond donors (Lipinski definition) is 2. The van der Waals surface area contributed by atoms with E-state index in [0.29, 0.717) is 32.3 Å². The van der Waals surface area contributed by atoms with E-state index in [2.05, 4.69) is 15.2 Å². The zero-order chi connectivity index (χ0) is 32.0. The normalized spacial score (nSPS) is 20.2. The molecule has 1 fully saturated rings. The second-order valence-electron chi connectivity index (χ2n) is 12.3. The van der Waals surface area contributed by atoms with E-state index in [1.165, 1.54) is 4.90 Å². The maximum Gasteiger partial charge on any atom is 0.417 e. The molecule has 1 aromatic heterocycles. The lowest BCUT2D eigenvalue weighted by Crippen LogP contribution is -2.55. The van der Waals surface area contributed by atoms with Crippen molar-refractivity contribution in [2.75, 3.05) is 43.4 Å². The fourth-order valence-corrected chi connectivity index (χ4v) is 5.52. The highest BCUT2D eigenvalue weighted by Gasteiger charge is 2.38. The van der Waals surface area contributed by atoms with Gasteiger partial charge in [-0.05, 0) is 32.9 Å². The molecule has 0 unspecified atom stereocenters. The van der Waals surface area contributed by atoms with Crippen molar-refractivity contribution in [1.82, 2.24) is 14.8 Å². The molecule has 2 N–H and O–H groups in total. The van der Waals surface area contributed by atoms with Crippen LogP contribution in [0.15, 0.2) is 29.2 Å². The van der Waals surface area contributed by atoms with Crippen molar-refractivity contribution in [2.24, 2.45) is 5.41 Å². The molecule has 4 rings (SSSR count). The van der Waals surface area contributed by atoms with Crippen LogP contribution in [0.5, 0.6) is 0 Å². The zero-order valence-corrected chi connectivity index (χ0v) is 25.0. The van der Waals surface area contributed by atoms with E-state index in [9.17, 15) is 27.6 Å². The van der Waals surface area contributed by atoms with Gasteiger partial charge in [-0.3, -0.25) is 19.3 Å². The second-order valence-corrected chi connectivity index (χ2v) is 12.3. The predicted molar refractivity (Wildman–Crippen MR) is 154 cm³/mol. The number of aromatic nitrogens is 1. The number of amides is 2. The Kier molecular flexibility index (Phi) is 8.79. The van der Waals surface area contributed by atoms with Crippen molar-refractivity contribution in [3.05, 3.63) is 63.1 Å². The molecule has 0 aliphatic carbocycles.